The predicted octanol–water partition coefficient (Wildman–Crippen LogP) is 4.12. The molecule has 134 valence electrons. The molecule has 3 aromatic rings. The first-order valence-corrected chi connectivity index (χ1v) is 7.91. The highest BCUT2D eigenvalue weighted by Crippen LogP contribution is 2.28. The fraction of sp³-hybridized carbons (Fsp3) is 0. The Labute approximate surface area is 154 Å². The van der Waals surface area contributed by atoms with Crippen molar-refractivity contribution in [2.75, 3.05) is 0 Å². The minimum atomic E-state index is -1.31. The lowest BCUT2D eigenvalue weighted by molar-refractivity contribution is 0.0651. The van der Waals surface area contributed by atoms with Gasteiger partial charge in [0.1, 0.15) is 0 Å². The second kappa shape index (κ2) is 7.13. The van der Waals surface area contributed by atoms with E-state index in [1.165, 1.54) is 24.3 Å². The van der Waals surface area contributed by atoms with Crippen LogP contribution in [0.4, 0.5) is 0 Å². The van der Waals surface area contributed by atoms with Gasteiger partial charge in [-0.05, 0) is 52.6 Å². The number of benzene rings is 3. The zero-order chi connectivity index (χ0) is 19.6. The summed E-state index contributed by atoms with van der Waals surface area (Å²) < 4.78 is 0. The van der Waals surface area contributed by atoms with E-state index in [0.29, 0.717) is 11.1 Å². The normalized spacial score (nSPS) is 10.4. The number of aromatic carboxylic acids is 3. The summed E-state index contributed by atoms with van der Waals surface area (Å²) in [5, 5.41) is 27.4. The van der Waals surface area contributed by atoms with Gasteiger partial charge in [0.15, 0.2) is 0 Å². The molecule has 0 heterocycles. The molecule has 3 N–H and O–H groups in total. The standard InChI is InChI=1S/C21H14O6/c22-19(23)13-6-4-12(5-7-13)14-2-1-3-15(10-14)16-8-9-17(20(24)25)18(11-16)21(26)27/h1-11H,(H,22,23)(H,24,25)(H,26,27). The van der Waals surface area contributed by atoms with E-state index in [9.17, 15) is 19.5 Å². The second-order valence-electron chi connectivity index (χ2n) is 5.83. The van der Waals surface area contributed by atoms with Crippen molar-refractivity contribution in [2.45, 2.75) is 0 Å². The average Bonchev–Trinajstić information content (AvgIpc) is 2.67. The van der Waals surface area contributed by atoms with Crippen molar-refractivity contribution in [3.8, 4) is 22.3 Å². The zero-order valence-corrected chi connectivity index (χ0v) is 13.9. The molecule has 0 aliphatic heterocycles. The Hall–Kier alpha value is -3.93. The molecule has 0 saturated heterocycles. The zero-order valence-electron chi connectivity index (χ0n) is 13.9. The number of hydrogen-bond donors (Lipinski definition) is 3. The topological polar surface area (TPSA) is 112 Å². The Balaban J connectivity index is 2.03. The minimum Gasteiger partial charge on any atom is -0.478 e. The molecule has 0 amide bonds. The van der Waals surface area contributed by atoms with Crippen LogP contribution in [0.5, 0.6) is 0 Å². The Morgan fingerprint density at radius 1 is 0.519 bits per heavy atom. The molecule has 0 aromatic heterocycles. The lowest BCUT2D eigenvalue weighted by atomic mass is 9.96. The number of carboxylic acid groups (broad SMARTS) is 3. The van der Waals surface area contributed by atoms with Gasteiger partial charge in [-0.1, -0.05) is 36.4 Å². The maximum Gasteiger partial charge on any atom is 0.336 e. The van der Waals surface area contributed by atoms with Crippen molar-refractivity contribution < 1.29 is 29.7 Å². The molecule has 0 fully saturated rings. The monoisotopic (exact) mass is 362 g/mol. The summed E-state index contributed by atoms with van der Waals surface area (Å²) in [6.07, 6.45) is 0. The van der Waals surface area contributed by atoms with Crippen LogP contribution in [0, 0.1) is 0 Å². The SMILES string of the molecule is O=C(O)c1ccc(-c2cccc(-c3ccc(C(=O)O)c(C(=O)O)c3)c2)cc1. The molecule has 0 aliphatic rings. The van der Waals surface area contributed by atoms with Crippen LogP contribution in [0.1, 0.15) is 31.1 Å². The third-order valence-corrected chi connectivity index (χ3v) is 4.14. The molecule has 0 radical (unpaired) electrons. The molecule has 0 atom stereocenters. The van der Waals surface area contributed by atoms with Crippen molar-refractivity contribution in [1.82, 2.24) is 0 Å². The summed E-state index contributed by atoms with van der Waals surface area (Å²) in [5.41, 5.74) is 2.55. The van der Waals surface area contributed by atoms with Crippen molar-refractivity contribution >= 4 is 17.9 Å². The quantitative estimate of drug-likeness (QED) is 0.629. The van der Waals surface area contributed by atoms with Crippen LogP contribution in [-0.4, -0.2) is 33.2 Å². The maximum absolute atomic E-state index is 11.4. The summed E-state index contributed by atoms with van der Waals surface area (Å²) in [6, 6.07) is 17.8. The average molecular weight is 362 g/mol. The molecular weight excluding hydrogens is 348 g/mol. The molecule has 0 spiro atoms. The number of carbonyl (C=O) groups is 3. The maximum atomic E-state index is 11.4. The van der Waals surface area contributed by atoms with Crippen LogP contribution in [-0.2, 0) is 0 Å². The fourth-order valence-electron chi connectivity index (χ4n) is 2.77. The van der Waals surface area contributed by atoms with Crippen molar-refractivity contribution in [1.29, 1.82) is 0 Å². The Morgan fingerprint density at radius 2 is 1.04 bits per heavy atom. The highest BCUT2D eigenvalue weighted by Gasteiger charge is 2.17. The summed E-state index contributed by atoms with van der Waals surface area (Å²) in [6.45, 7) is 0. The van der Waals surface area contributed by atoms with E-state index in [-0.39, 0.29) is 16.7 Å². The smallest absolute Gasteiger partial charge is 0.336 e. The third kappa shape index (κ3) is 3.69. The van der Waals surface area contributed by atoms with Gasteiger partial charge in [0, 0.05) is 0 Å². The third-order valence-electron chi connectivity index (χ3n) is 4.14. The summed E-state index contributed by atoms with van der Waals surface area (Å²) >= 11 is 0. The largest absolute Gasteiger partial charge is 0.478 e. The molecule has 0 unspecified atom stereocenters. The molecule has 6 nitrogen and oxygen atoms in total. The van der Waals surface area contributed by atoms with Crippen LogP contribution >= 0.6 is 0 Å². The Kier molecular flexibility index (Phi) is 4.72. The van der Waals surface area contributed by atoms with Gasteiger partial charge in [-0.15, -0.1) is 0 Å². The van der Waals surface area contributed by atoms with Crippen LogP contribution in [0.2, 0.25) is 0 Å². The van der Waals surface area contributed by atoms with Crippen LogP contribution < -0.4 is 0 Å². The summed E-state index contributed by atoms with van der Waals surface area (Å²) in [4.78, 5) is 33.5. The minimum absolute atomic E-state index is 0.185. The van der Waals surface area contributed by atoms with E-state index in [4.69, 9.17) is 10.2 Å². The molecule has 0 bridgehead atoms. The first-order valence-electron chi connectivity index (χ1n) is 7.91. The van der Waals surface area contributed by atoms with E-state index in [2.05, 4.69) is 0 Å². The van der Waals surface area contributed by atoms with Gasteiger partial charge < -0.3 is 15.3 Å². The van der Waals surface area contributed by atoms with E-state index in [1.807, 2.05) is 12.1 Å². The van der Waals surface area contributed by atoms with Crippen LogP contribution in [0.3, 0.4) is 0 Å². The first-order chi connectivity index (χ1) is 12.9. The van der Waals surface area contributed by atoms with Crippen molar-refractivity contribution in [3.63, 3.8) is 0 Å². The number of rotatable bonds is 5. The van der Waals surface area contributed by atoms with Gasteiger partial charge in [-0.25, -0.2) is 14.4 Å². The van der Waals surface area contributed by atoms with E-state index >= 15 is 0 Å². The molecule has 3 rings (SSSR count). The van der Waals surface area contributed by atoms with E-state index in [1.54, 1.807) is 30.3 Å². The lowest BCUT2D eigenvalue weighted by Crippen LogP contribution is -2.07. The molecule has 3 aromatic carbocycles. The number of carboxylic acids is 3. The van der Waals surface area contributed by atoms with Gasteiger partial charge in [0.2, 0.25) is 0 Å². The first kappa shape index (κ1) is 17.9. The molecule has 0 saturated carbocycles. The van der Waals surface area contributed by atoms with E-state index in [0.717, 1.165) is 11.1 Å². The highest BCUT2D eigenvalue weighted by molar-refractivity contribution is 6.02. The van der Waals surface area contributed by atoms with Gasteiger partial charge in [-0.2, -0.15) is 0 Å². The Bertz CT molecular complexity index is 1050. The Morgan fingerprint density at radius 3 is 1.59 bits per heavy atom. The van der Waals surface area contributed by atoms with Crippen LogP contribution in [0.25, 0.3) is 22.3 Å². The second-order valence-corrected chi connectivity index (χ2v) is 5.83. The molecule has 6 heteroatoms. The molecular formula is C21H14O6. The van der Waals surface area contributed by atoms with Crippen molar-refractivity contribution in [3.05, 3.63) is 83.4 Å². The van der Waals surface area contributed by atoms with Gasteiger partial charge in [-0.3, -0.25) is 0 Å². The van der Waals surface area contributed by atoms with Gasteiger partial charge >= 0.3 is 17.9 Å². The molecule has 27 heavy (non-hydrogen) atoms. The predicted molar refractivity (Wildman–Crippen MR) is 98.2 cm³/mol. The van der Waals surface area contributed by atoms with Crippen LogP contribution in [0.15, 0.2) is 66.7 Å². The van der Waals surface area contributed by atoms with Gasteiger partial charge in [0.25, 0.3) is 0 Å². The summed E-state index contributed by atoms with van der Waals surface area (Å²) in [5.74, 6) is -3.61. The van der Waals surface area contributed by atoms with E-state index < -0.39 is 17.9 Å². The van der Waals surface area contributed by atoms with Crippen molar-refractivity contribution in [2.24, 2.45) is 0 Å². The number of hydrogen-bond acceptors (Lipinski definition) is 3. The van der Waals surface area contributed by atoms with Gasteiger partial charge in [0.05, 0.1) is 16.7 Å². The lowest BCUT2D eigenvalue weighted by Gasteiger charge is -2.09. The fourth-order valence-corrected chi connectivity index (χ4v) is 2.77. The summed E-state index contributed by atoms with van der Waals surface area (Å²) in [7, 11) is 0. The highest BCUT2D eigenvalue weighted by atomic mass is 16.4. The molecule has 0 aliphatic carbocycles.